The molecule has 0 radical (unpaired) electrons. The molecule has 0 unspecified atom stereocenters. The van der Waals surface area contributed by atoms with Crippen molar-refractivity contribution in [3.63, 3.8) is 0 Å². The van der Waals surface area contributed by atoms with Gasteiger partial charge in [-0.15, -0.1) is 0 Å². The highest BCUT2D eigenvalue weighted by molar-refractivity contribution is 5.94. The van der Waals surface area contributed by atoms with Crippen LogP contribution >= 0.6 is 0 Å². The van der Waals surface area contributed by atoms with E-state index in [2.05, 4.69) is 15.6 Å². The van der Waals surface area contributed by atoms with E-state index in [1.54, 1.807) is 0 Å². The van der Waals surface area contributed by atoms with E-state index in [-0.39, 0.29) is 0 Å². The molecule has 0 amide bonds. The van der Waals surface area contributed by atoms with Gasteiger partial charge in [0.1, 0.15) is 0 Å². The zero-order valence-corrected chi connectivity index (χ0v) is 8.17. The van der Waals surface area contributed by atoms with Crippen molar-refractivity contribution in [3.8, 4) is 0 Å². The van der Waals surface area contributed by atoms with Gasteiger partial charge in [0, 0.05) is 17.9 Å². The van der Waals surface area contributed by atoms with E-state index < -0.39 is 0 Å². The number of nitrogens with zero attached hydrogens (tertiary/aromatic N) is 1. The summed E-state index contributed by atoms with van der Waals surface area (Å²) < 4.78 is 0. The number of nitrogen functional groups attached to an aromatic ring is 1. The van der Waals surface area contributed by atoms with Crippen LogP contribution in [0.15, 0.2) is 23.2 Å². The average Bonchev–Trinajstić information content (AvgIpc) is 2.64. The van der Waals surface area contributed by atoms with Gasteiger partial charge >= 0.3 is 0 Å². The fraction of sp³-hybridized carbons (Fsp3) is 0.300. The maximum Gasteiger partial charge on any atom is 0.195 e. The normalized spacial score (nSPS) is 14.8. The number of aliphatic imine (C=N–C) groups is 1. The third kappa shape index (κ3) is 1.79. The second kappa shape index (κ2) is 3.57. The lowest BCUT2D eigenvalue weighted by Crippen LogP contribution is -2.26. The van der Waals surface area contributed by atoms with Crippen molar-refractivity contribution in [1.29, 1.82) is 0 Å². The number of nitrogens with two attached hydrogens (primary N) is 1. The molecule has 1 aliphatic heterocycles. The highest BCUT2D eigenvalue weighted by Gasteiger charge is 2.04. The van der Waals surface area contributed by atoms with Crippen molar-refractivity contribution >= 4 is 17.3 Å². The number of benzene rings is 1. The van der Waals surface area contributed by atoms with Crippen LogP contribution in [0.25, 0.3) is 0 Å². The molecule has 4 heteroatoms. The second-order valence-corrected chi connectivity index (χ2v) is 3.35. The van der Waals surface area contributed by atoms with Crippen LogP contribution in [0.5, 0.6) is 0 Å². The minimum atomic E-state index is 0.817. The lowest BCUT2D eigenvalue weighted by atomic mass is 10.2. The summed E-state index contributed by atoms with van der Waals surface area (Å²) in [6.45, 7) is 3.75. The van der Waals surface area contributed by atoms with Gasteiger partial charge in [-0.25, -0.2) is 0 Å². The molecule has 1 aromatic rings. The van der Waals surface area contributed by atoms with Crippen LogP contribution in [-0.2, 0) is 0 Å². The van der Waals surface area contributed by atoms with E-state index in [0.29, 0.717) is 0 Å². The SMILES string of the molecule is Cc1cc(NC2=NCCN2)ccc1N. The summed E-state index contributed by atoms with van der Waals surface area (Å²) in [5.41, 5.74) is 8.64. The molecule has 0 saturated heterocycles. The summed E-state index contributed by atoms with van der Waals surface area (Å²) in [5.74, 6) is 0.842. The zero-order chi connectivity index (χ0) is 9.97. The van der Waals surface area contributed by atoms with Crippen molar-refractivity contribution in [2.75, 3.05) is 24.1 Å². The smallest absolute Gasteiger partial charge is 0.195 e. The Hall–Kier alpha value is -1.71. The molecule has 0 spiro atoms. The highest BCUT2D eigenvalue weighted by atomic mass is 15.2. The van der Waals surface area contributed by atoms with Gasteiger partial charge in [0.2, 0.25) is 0 Å². The molecule has 2 rings (SSSR count). The van der Waals surface area contributed by atoms with Gasteiger partial charge in [0.25, 0.3) is 0 Å². The van der Waals surface area contributed by atoms with Crippen molar-refractivity contribution in [3.05, 3.63) is 23.8 Å². The van der Waals surface area contributed by atoms with Gasteiger partial charge in [-0.05, 0) is 30.7 Å². The van der Waals surface area contributed by atoms with Crippen LogP contribution in [0.2, 0.25) is 0 Å². The number of anilines is 2. The van der Waals surface area contributed by atoms with Crippen LogP contribution < -0.4 is 16.4 Å². The van der Waals surface area contributed by atoms with E-state index in [9.17, 15) is 0 Å². The molecule has 4 N–H and O–H groups in total. The molecule has 1 heterocycles. The second-order valence-electron chi connectivity index (χ2n) is 3.35. The number of rotatable bonds is 1. The van der Waals surface area contributed by atoms with Crippen molar-refractivity contribution in [1.82, 2.24) is 5.32 Å². The van der Waals surface area contributed by atoms with Gasteiger partial charge in [-0.2, -0.15) is 0 Å². The topological polar surface area (TPSA) is 62.4 Å². The molecule has 0 saturated carbocycles. The van der Waals surface area contributed by atoms with Crippen LogP contribution in [0, 0.1) is 6.92 Å². The van der Waals surface area contributed by atoms with E-state index in [1.807, 2.05) is 25.1 Å². The minimum absolute atomic E-state index is 0.817. The van der Waals surface area contributed by atoms with Gasteiger partial charge in [0.05, 0.1) is 6.54 Å². The molecular weight excluding hydrogens is 176 g/mol. The predicted octanol–water partition coefficient (Wildman–Crippen LogP) is 0.948. The number of nitrogens with one attached hydrogen (secondary N) is 2. The van der Waals surface area contributed by atoms with Gasteiger partial charge < -0.3 is 16.4 Å². The largest absolute Gasteiger partial charge is 0.399 e. The lowest BCUT2D eigenvalue weighted by molar-refractivity contribution is 0.959. The van der Waals surface area contributed by atoms with E-state index in [0.717, 1.165) is 36.0 Å². The fourth-order valence-electron chi connectivity index (χ4n) is 1.37. The lowest BCUT2D eigenvalue weighted by Gasteiger charge is -2.08. The summed E-state index contributed by atoms with van der Waals surface area (Å²) in [7, 11) is 0. The summed E-state index contributed by atoms with van der Waals surface area (Å²) in [4.78, 5) is 4.25. The van der Waals surface area contributed by atoms with E-state index in [1.165, 1.54) is 0 Å². The quantitative estimate of drug-likeness (QED) is 0.578. The van der Waals surface area contributed by atoms with Crippen LogP contribution in [-0.4, -0.2) is 19.0 Å². The first kappa shape index (κ1) is 8.87. The minimum Gasteiger partial charge on any atom is -0.399 e. The number of hydrogen-bond acceptors (Lipinski definition) is 4. The Balaban J connectivity index is 2.13. The first-order valence-corrected chi connectivity index (χ1v) is 4.67. The molecule has 1 aromatic carbocycles. The third-order valence-electron chi connectivity index (χ3n) is 2.21. The van der Waals surface area contributed by atoms with Crippen LogP contribution in [0.1, 0.15) is 5.56 Å². The molecule has 0 aliphatic carbocycles. The Morgan fingerprint density at radius 1 is 1.50 bits per heavy atom. The van der Waals surface area contributed by atoms with Crippen molar-refractivity contribution in [2.24, 2.45) is 4.99 Å². The van der Waals surface area contributed by atoms with Gasteiger partial charge in [-0.3, -0.25) is 4.99 Å². The Morgan fingerprint density at radius 2 is 2.36 bits per heavy atom. The number of aryl methyl sites for hydroxylation is 1. The summed E-state index contributed by atoms with van der Waals surface area (Å²) >= 11 is 0. The predicted molar refractivity (Wildman–Crippen MR) is 59.5 cm³/mol. The molecule has 1 aliphatic rings. The molecule has 14 heavy (non-hydrogen) atoms. The first-order valence-electron chi connectivity index (χ1n) is 4.67. The highest BCUT2D eigenvalue weighted by Crippen LogP contribution is 2.16. The standard InChI is InChI=1S/C10H14N4/c1-7-6-8(2-3-9(7)11)14-10-12-4-5-13-10/h2-3,6H,4-5,11H2,1H3,(H2,12,13,14). The third-order valence-corrected chi connectivity index (χ3v) is 2.21. The Labute approximate surface area is 83.2 Å². The molecule has 0 aromatic heterocycles. The fourth-order valence-corrected chi connectivity index (χ4v) is 1.37. The molecule has 0 atom stereocenters. The monoisotopic (exact) mass is 190 g/mol. The zero-order valence-electron chi connectivity index (χ0n) is 8.17. The van der Waals surface area contributed by atoms with E-state index >= 15 is 0 Å². The Kier molecular flexibility index (Phi) is 2.26. The summed E-state index contributed by atoms with van der Waals surface area (Å²) in [5, 5.41) is 6.34. The molecule has 4 nitrogen and oxygen atoms in total. The Morgan fingerprint density at radius 3 is 3.00 bits per heavy atom. The van der Waals surface area contributed by atoms with Crippen LogP contribution in [0.3, 0.4) is 0 Å². The maximum atomic E-state index is 5.72. The summed E-state index contributed by atoms with van der Waals surface area (Å²) in [6, 6.07) is 5.86. The molecule has 0 fully saturated rings. The molecule has 74 valence electrons. The molecular formula is C10H14N4. The number of hydrogen-bond donors (Lipinski definition) is 3. The molecule has 0 bridgehead atoms. The average molecular weight is 190 g/mol. The van der Waals surface area contributed by atoms with E-state index in [4.69, 9.17) is 5.73 Å². The first-order chi connectivity index (χ1) is 6.75. The Bertz CT molecular complexity index is 370. The van der Waals surface area contributed by atoms with Crippen LogP contribution in [0.4, 0.5) is 11.4 Å². The number of guanidine groups is 1. The summed E-state index contributed by atoms with van der Waals surface area (Å²) in [6.07, 6.45) is 0. The maximum absolute atomic E-state index is 5.72. The van der Waals surface area contributed by atoms with Crippen molar-refractivity contribution < 1.29 is 0 Å². The van der Waals surface area contributed by atoms with Gasteiger partial charge in [0.15, 0.2) is 5.96 Å². The van der Waals surface area contributed by atoms with Gasteiger partial charge in [-0.1, -0.05) is 0 Å². The van der Waals surface area contributed by atoms with Crippen molar-refractivity contribution in [2.45, 2.75) is 6.92 Å².